The summed E-state index contributed by atoms with van der Waals surface area (Å²) >= 11 is 0. The molecule has 8 heteroatoms. The standard InChI is InChI=1S/C19H17N5O3/c20-18(26)17(25)15(12-13-4-2-1-3-5-13)23-19(27)16-8-11-22-24(16)14-6-9-21-10-7-14/h1-11,15H,12H2,(H2,20,26)(H,23,27). The van der Waals surface area contributed by atoms with Crippen molar-refractivity contribution in [1.82, 2.24) is 20.1 Å². The van der Waals surface area contributed by atoms with Crippen molar-refractivity contribution in [1.29, 1.82) is 0 Å². The summed E-state index contributed by atoms with van der Waals surface area (Å²) in [5, 5.41) is 6.72. The third-order valence-corrected chi connectivity index (χ3v) is 3.93. The summed E-state index contributed by atoms with van der Waals surface area (Å²) in [7, 11) is 0. The molecule has 1 aromatic carbocycles. The number of nitrogens with zero attached hydrogens (tertiary/aromatic N) is 3. The summed E-state index contributed by atoms with van der Waals surface area (Å²) in [6, 6.07) is 12.9. The molecule has 0 radical (unpaired) electrons. The molecule has 2 amide bonds. The Kier molecular flexibility index (Phi) is 5.36. The van der Waals surface area contributed by atoms with Crippen molar-refractivity contribution >= 4 is 17.6 Å². The number of Topliss-reactive ketones (excluding diaryl/α,β-unsaturated/α-hetero) is 1. The van der Waals surface area contributed by atoms with Crippen LogP contribution in [0.15, 0.2) is 67.1 Å². The van der Waals surface area contributed by atoms with Crippen LogP contribution < -0.4 is 11.1 Å². The molecule has 1 atom stereocenters. The fourth-order valence-electron chi connectivity index (χ4n) is 2.63. The van der Waals surface area contributed by atoms with Gasteiger partial charge in [-0.15, -0.1) is 0 Å². The van der Waals surface area contributed by atoms with Gasteiger partial charge in [0.15, 0.2) is 0 Å². The van der Waals surface area contributed by atoms with E-state index in [0.717, 1.165) is 5.56 Å². The monoisotopic (exact) mass is 363 g/mol. The number of carbonyl (C=O) groups excluding carboxylic acids is 3. The van der Waals surface area contributed by atoms with E-state index in [1.807, 2.05) is 18.2 Å². The fraction of sp³-hybridized carbons (Fsp3) is 0.105. The second-order valence-electron chi connectivity index (χ2n) is 5.78. The first kappa shape index (κ1) is 18.0. The molecule has 2 heterocycles. The van der Waals surface area contributed by atoms with Crippen molar-refractivity contribution in [2.75, 3.05) is 0 Å². The highest BCUT2D eigenvalue weighted by Gasteiger charge is 2.27. The topological polar surface area (TPSA) is 120 Å². The molecule has 27 heavy (non-hydrogen) atoms. The van der Waals surface area contributed by atoms with E-state index in [-0.39, 0.29) is 12.1 Å². The predicted molar refractivity (Wildman–Crippen MR) is 97.0 cm³/mol. The summed E-state index contributed by atoms with van der Waals surface area (Å²) in [4.78, 5) is 40.2. The molecule has 136 valence electrons. The second kappa shape index (κ2) is 8.05. The molecule has 0 aliphatic heterocycles. The lowest BCUT2D eigenvalue weighted by Crippen LogP contribution is -2.47. The first-order valence-electron chi connectivity index (χ1n) is 8.19. The number of carbonyl (C=O) groups is 3. The Morgan fingerprint density at radius 1 is 1.00 bits per heavy atom. The fourth-order valence-corrected chi connectivity index (χ4v) is 2.63. The van der Waals surface area contributed by atoms with Crippen LogP contribution in [0.3, 0.4) is 0 Å². The molecule has 1 unspecified atom stereocenters. The van der Waals surface area contributed by atoms with Gasteiger partial charge in [-0.25, -0.2) is 4.68 Å². The Morgan fingerprint density at radius 2 is 1.70 bits per heavy atom. The molecule has 3 N–H and O–H groups in total. The van der Waals surface area contributed by atoms with Gasteiger partial charge in [-0.3, -0.25) is 19.4 Å². The van der Waals surface area contributed by atoms with Gasteiger partial charge in [0, 0.05) is 18.8 Å². The number of nitrogens with two attached hydrogens (primary N) is 1. The van der Waals surface area contributed by atoms with E-state index in [1.165, 1.54) is 16.9 Å². The minimum atomic E-state index is -1.10. The highest BCUT2D eigenvalue weighted by atomic mass is 16.2. The summed E-state index contributed by atoms with van der Waals surface area (Å²) < 4.78 is 1.42. The largest absolute Gasteiger partial charge is 0.363 e. The molecular formula is C19H17N5O3. The first-order chi connectivity index (χ1) is 13.1. The lowest BCUT2D eigenvalue weighted by molar-refractivity contribution is -0.137. The maximum atomic E-state index is 12.7. The quantitative estimate of drug-likeness (QED) is 0.598. The smallest absolute Gasteiger partial charge is 0.287 e. The molecule has 0 saturated carbocycles. The molecule has 0 bridgehead atoms. The number of ketones is 1. The van der Waals surface area contributed by atoms with Crippen molar-refractivity contribution in [2.45, 2.75) is 12.5 Å². The van der Waals surface area contributed by atoms with Crippen LogP contribution in [-0.2, 0) is 16.0 Å². The van der Waals surface area contributed by atoms with Crippen molar-refractivity contribution in [3.63, 3.8) is 0 Å². The number of benzene rings is 1. The third kappa shape index (κ3) is 4.24. The lowest BCUT2D eigenvalue weighted by atomic mass is 10.0. The van der Waals surface area contributed by atoms with Crippen molar-refractivity contribution in [2.24, 2.45) is 5.73 Å². The van der Waals surface area contributed by atoms with Crippen LogP contribution in [0.2, 0.25) is 0 Å². The van der Waals surface area contributed by atoms with Crippen LogP contribution in [0.25, 0.3) is 5.69 Å². The molecule has 3 aromatic rings. The van der Waals surface area contributed by atoms with E-state index in [2.05, 4.69) is 15.4 Å². The van der Waals surface area contributed by atoms with Crippen LogP contribution in [0.5, 0.6) is 0 Å². The van der Waals surface area contributed by atoms with Gasteiger partial charge >= 0.3 is 0 Å². The average molecular weight is 363 g/mol. The summed E-state index contributed by atoms with van der Waals surface area (Å²) in [6.07, 6.45) is 4.77. The van der Waals surface area contributed by atoms with Crippen molar-refractivity contribution in [3.05, 3.63) is 78.4 Å². The Morgan fingerprint density at radius 3 is 2.37 bits per heavy atom. The van der Waals surface area contributed by atoms with Crippen LogP contribution in [0, 0.1) is 0 Å². The highest BCUT2D eigenvalue weighted by molar-refractivity contribution is 6.38. The number of aromatic nitrogens is 3. The zero-order chi connectivity index (χ0) is 19.2. The van der Waals surface area contributed by atoms with Gasteiger partial charge in [0.2, 0.25) is 5.78 Å². The molecule has 0 saturated heterocycles. The number of amides is 2. The van der Waals surface area contributed by atoms with Gasteiger partial charge in [0.1, 0.15) is 11.7 Å². The minimum absolute atomic E-state index is 0.151. The molecule has 3 rings (SSSR count). The van der Waals surface area contributed by atoms with Gasteiger partial charge in [0.25, 0.3) is 11.8 Å². The second-order valence-corrected chi connectivity index (χ2v) is 5.78. The van der Waals surface area contributed by atoms with Crippen molar-refractivity contribution in [3.8, 4) is 5.69 Å². The zero-order valence-corrected chi connectivity index (χ0v) is 14.3. The predicted octanol–water partition coefficient (Wildman–Crippen LogP) is 0.663. The van der Waals surface area contributed by atoms with Crippen LogP contribution in [-0.4, -0.2) is 38.4 Å². The average Bonchev–Trinajstić information content (AvgIpc) is 3.18. The lowest BCUT2D eigenvalue weighted by Gasteiger charge is -2.17. The molecule has 0 aliphatic rings. The Bertz CT molecular complexity index is 954. The number of rotatable bonds is 7. The Labute approximate surface area is 155 Å². The SMILES string of the molecule is NC(=O)C(=O)C(Cc1ccccc1)NC(=O)c1ccnn1-c1ccncc1. The molecule has 0 fully saturated rings. The normalized spacial score (nSPS) is 11.6. The maximum absolute atomic E-state index is 12.7. The van der Waals surface area contributed by atoms with Gasteiger partial charge in [-0.2, -0.15) is 5.10 Å². The summed E-state index contributed by atoms with van der Waals surface area (Å²) in [5.41, 5.74) is 6.79. The van der Waals surface area contributed by atoms with Crippen LogP contribution in [0.4, 0.5) is 0 Å². The molecule has 2 aromatic heterocycles. The first-order valence-corrected chi connectivity index (χ1v) is 8.19. The third-order valence-electron chi connectivity index (χ3n) is 3.93. The maximum Gasteiger partial charge on any atom is 0.287 e. The number of primary amides is 1. The van der Waals surface area contributed by atoms with E-state index in [1.54, 1.807) is 36.7 Å². The van der Waals surface area contributed by atoms with Gasteiger partial charge in [-0.05, 0) is 23.8 Å². The van der Waals surface area contributed by atoms with Crippen LogP contribution >= 0.6 is 0 Å². The Hall–Kier alpha value is -3.81. The Balaban J connectivity index is 1.84. The van der Waals surface area contributed by atoms with Crippen molar-refractivity contribution < 1.29 is 14.4 Å². The number of hydrogen-bond donors (Lipinski definition) is 2. The van der Waals surface area contributed by atoms with E-state index in [0.29, 0.717) is 5.69 Å². The minimum Gasteiger partial charge on any atom is -0.363 e. The molecular weight excluding hydrogens is 346 g/mol. The van der Waals surface area contributed by atoms with Gasteiger partial charge in [0.05, 0.1) is 11.9 Å². The highest BCUT2D eigenvalue weighted by Crippen LogP contribution is 2.10. The number of hydrogen-bond acceptors (Lipinski definition) is 5. The van der Waals surface area contributed by atoms with E-state index in [4.69, 9.17) is 5.73 Å². The number of nitrogens with one attached hydrogen (secondary N) is 1. The van der Waals surface area contributed by atoms with E-state index in [9.17, 15) is 14.4 Å². The summed E-state index contributed by atoms with van der Waals surface area (Å²) in [5.74, 6) is -2.50. The van der Waals surface area contributed by atoms with Crippen LogP contribution in [0.1, 0.15) is 16.1 Å². The molecule has 8 nitrogen and oxygen atoms in total. The molecule has 0 spiro atoms. The summed E-state index contributed by atoms with van der Waals surface area (Å²) in [6.45, 7) is 0. The van der Waals surface area contributed by atoms with E-state index < -0.39 is 23.6 Å². The molecule has 0 aliphatic carbocycles. The number of pyridine rings is 1. The van der Waals surface area contributed by atoms with Gasteiger partial charge < -0.3 is 11.1 Å². The van der Waals surface area contributed by atoms with E-state index >= 15 is 0 Å². The van der Waals surface area contributed by atoms with Gasteiger partial charge in [-0.1, -0.05) is 30.3 Å². The zero-order valence-electron chi connectivity index (χ0n) is 14.3.